The smallest absolute Gasteiger partial charge is 0.287 e. The van der Waals surface area contributed by atoms with Crippen molar-refractivity contribution in [2.24, 2.45) is 0 Å². The van der Waals surface area contributed by atoms with Crippen molar-refractivity contribution in [2.45, 2.75) is 13.0 Å². The molecule has 22 heavy (non-hydrogen) atoms. The Bertz CT molecular complexity index is 883. The number of furan rings is 1. The molecule has 1 atom stereocenters. The van der Waals surface area contributed by atoms with E-state index in [1.165, 1.54) is 12.3 Å². The fourth-order valence-corrected chi connectivity index (χ4v) is 2.46. The van der Waals surface area contributed by atoms with Gasteiger partial charge in [0.05, 0.1) is 17.7 Å². The zero-order valence-electron chi connectivity index (χ0n) is 11.6. The minimum Gasteiger partial charge on any atom is -0.467 e. The van der Waals surface area contributed by atoms with Crippen LogP contribution in [0, 0.1) is 0 Å². The van der Waals surface area contributed by atoms with Crippen molar-refractivity contribution in [1.29, 1.82) is 0 Å². The Labute approximate surface area is 134 Å². The van der Waals surface area contributed by atoms with E-state index in [0.717, 1.165) is 4.47 Å². The number of benzene rings is 1. The van der Waals surface area contributed by atoms with Gasteiger partial charge in [0, 0.05) is 10.5 Å². The van der Waals surface area contributed by atoms with Crippen molar-refractivity contribution >= 4 is 32.8 Å². The van der Waals surface area contributed by atoms with E-state index in [9.17, 15) is 9.59 Å². The summed E-state index contributed by atoms with van der Waals surface area (Å²) in [6, 6.07) is 9.43. The molecular weight excluding hydrogens is 350 g/mol. The molecule has 0 radical (unpaired) electrons. The van der Waals surface area contributed by atoms with Crippen molar-refractivity contribution in [3.8, 4) is 0 Å². The lowest BCUT2D eigenvalue weighted by molar-refractivity contribution is 0.0908. The molecule has 0 aliphatic rings. The van der Waals surface area contributed by atoms with Gasteiger partial charge in [-0.25, -0.2) is 0 Å². The van der Waals surface area contributed by atoms with Gasteiger partial charge in [-0.2, -0.15) is 0 Å². The SMILES string of the molecule is CC(NC(=O)c1cc(=O)c2ccc(Br)cc2o1)c1ccco1. The van der Waals surface area contributed by atoms with Crippen molar-refractivity contribution in [3.63, 3.8) is 0 Å². The fourth-order valence-electron chi connectivity index (χ4n) is 2.12. The predicted molar refractivity (Wildman–Crippen MR) is 84.8 cm³/mol. The van der Waals surface area contributed by atoms with E-state index in [4.69, 9.17) is 8.83 Å². The highest BCUT2D eigenvalue weighted by molar-refractivity contribution is 9.10. The van der Waals surface area contributed by atoms with E-state index in [1.807, 2.05) is 0 Å². The molecule has 0 saturated carbocycles. The van der Waals surface area contributed by atoms with Crippen molar-refractivity contribution in [3.05, 3.63) is 68.9 Å². The largest absolute Gasteiger partial charge is 0.467 e. The first-order chi connectivity index (χ1) is 10.5. The van der Waals surface area contributed by atoms with Gasteiger partial charge in [0.15, 0.2) is 11.2 Å². The minimum absolute atomic E-state index is 0.0333. The van der Waals surface area contributed by atoms with E-state index in [-0.39, 0.29) is 17.2 Å². The molecule has 2 heterocycles. The summed E-state index contributed by atoms with van der Waals surface area (Å²) < 4.78 is 11.5. The fraction of sp³-hybridized carbons (Fsp3) is 0.125. The number of carbonyl (C=O) groups excluding carboxylic acids is 1. The average molecular weight is 362 g/mol. The summed E-state index contributed by atoms with van der Waals surface area (Å²) in [4.78, 5) is 24.3. The third kappa shape index (κ3) is 2.82. The van der Waals surface area contributed by atoms with Crippen LogP contribution in [-0.4, -0.2) is 5.91 Å². The molecule has 3 rings (SSSR count). The quantitative estimate of drug-likeness (QED) is 0.772. The molecule has 0 spiro atoms. The highest BCUT2D eigenvalue weighted by Gasteiger charge is 2.17. The zero-order valence-corrected chi connectivity index (χ0v) is 13.2. The summed E-state index contributed by atoms with van der Waals surface area (Å²) in [5.41, 5.74) is 0.0993. The van der Waals surface area contributed by atoms with Gasteiger partial charge >= 0.3 is 0 Å². The molecule has 1 aromatic carbocycles. The van der Waals surface area contributed by atoms with E-state index < -0.39 is 5.91 Å². The van der Waals surface area contributed by atoms with Gasteiger partial charge in [-0.05, 0) is 37.3 Å². The second-order valence-corrected chi connectivity index (χ2v) is 5.74. The molecule has 1 unspecified atom stereocenters. The molecule has 3 aromatic rings. The van der Waals surface area contributed by atoms with Crippen molar-refractivity contribution in [2.75, 3.05) is 0 Å². The van der Waals surface area contributed by atoms with Crippen LogP contribution in [0.25, 0.3) is 11.0 Å². The molecule has 6 heteroatoms. The van der Waals surface area contributed by atoms with Crippen LogP contribution >= 0.6 is 15.9 Å². The summed E-state index contributed by atoms with van der Waals surface area (Å²) >= 11 is 3.31. The first-order valence-corrected chi connectivity index (χ1v) is 7.41. The van der Waals surface area contributed by atoms with Gasteiger partial charge in [-0.1, -0.05) is 15.9 Å². The maximum Gasteiger partial charge on any atom is 0.287 e. The highest BCUT2D eigenvalue weighted by Crippen LogP contribution is 2.19. The predicted octanol–water partition coefficient (Wildman–Crippen LogP) is 3.64. The third-order valence-electron chi connectivity index (χ3n) is 3.23. The molecule has 2 aromatic heterocycles. The third-order valence-corrected chi connectivity index (χ3v) is 3.73. The Balaban J connectivity index is 1.92. The Hall–Kier alpha value is -2.34. The highest BCUT2D eigenvalue weighted by atomic mass is 79.9. The number of rotatable bonds is 3. The molecule has 0 aliphatic carbocycles. The zero-order chi connectivity index (χ0) is 15.7. The monoisotopic (exact) mass is 361 g/mol. The number of hydrogen-bond acceptors (Lipinski definition) is 4. The summed E-state index contributed by atoms with van der Waals surface area (Å²) in [5, 5.41) is 3.16. The Morgan fingerprint density at radius 3 is 2.82 bits per heavy atom. The molecular formula is C16H12BrNO4. The van der Waals surface area contributed by atoms with Crippen LogP contribution in [-0.2, 0) is 0 Å². The second-order valence-electron chi connectivity index (χ2n) is 4.83. The Morgan fingerprint density at radius 1 is 1.27 bits per heavy atom. The minimum atomic E-state index is -0.470. The molecule has 5 nitrogen and oxygen atoms in total. The number of halogens is 1. The lowest BCUT2D eigenvalue weighted by Gasteiger charge is -2.11. The Morgan fingerprint density at radius 2 is 2.09 bits per heavy atom. The summed E-state index contributed by atoms with van der Waals surface area (Å²) in [6.45, 7) is 1.78. The van der Waals surface area contributed by atoms with E-state index in [0.29, 0.717) is 16.7 Å². The second kappa shape index (κ2) is 5.81. The van der Waals surface area contributed by atoms with Crippen molar-refractivity contribution in [1.82, 2.24) is 5.32 Å². The van der Waals surface area contributed by atoms with Crippen LogP contribution < -0.4 is 10.7 Å². The molecule has 1 N–H and O–H groups in total. The molecule has 112 valence electrons. The van der Waals surface area contributed by atoms with Crippen LogP contribution in [0.4, 0.5) is 0 Å². The summed E-state index contributed by atoms with van der Waals surface area (Å²) in [6.07, 6.45) is 1.53. The number of nitrogens with one attached hydrogen (secondary N) is 1. The molecule has 0 saturated heterocycles. The normalized spacial score (nSPS) is 12.3. The lowest BCUT2D eigenvalue weighted by Crippen LogP contribution is -2.27. The topological polar surface area (TPSA) is 72.5 Å². The molecule has 0 bridgehead atoms. The van der Waals surface area contributed by atoms with Gasteiger partial charge in [-0.3, -0.25) is 9.59 Å². The first kappa shape index (κ1) is 14.6. The van der Waals surface area contributed by atoms with Gasteiger partial charge in [0.1, 0.15) is 11.3 Å². The lowest BCUT2D eigenvalue weighted by atomic mass is 10.2. The van der Waals surface area contributed by atoms with Crippen LogP contribution in [0.1, 0.15) is 29.3 Å². The van der Waals surface area contributed by atoms with Gasteiger partial charge in [0.2, 0.25) is 0 Å². The number of carbonyl (C=O) groups is 1. The summed E-state index contributed by atoms with van der Waals surface area (Å²) in [7, 11) is 0. The van der Waals surface area contributed by atoms with Crippen LogP contribution in [0.15, 0.2) is 60.8 Å². The average Bonchev–Trinajstić information content (AvgIpc) is 3.00. The molecule has 1 amide bonds. The van der Waals surface area contributed by atoms with E-state index in [2.05, 4.69) is 21.2 Å². The number of fused-ring (bicyclic) bond motifs is 1. The standard InChI is InChI=1S/C16H12BrNO4/c1-9(13-3-2-6-21-13)18-16(20)15-8-12(19)11-5-4-10(17)7-14(11)22-15/h2-9H,1H3,(H,18,20). The van der Waals surface area contributed by atoms with Crippen LogP contribution in [0.5, 0.6) is 0 Å². The van der Waals surface area contributed by atoms with E-state index in [1.54, 1.807) is 37.3 Å². The molecule has 0 fully saturated rings. The van der Waals surface area contributed by atoms with Gasteiger partial charge < -0.3 is 14.2 Å². The number of amides is 1. The maximum absolute atomic E-state index is 12.2. The van der Waals surface area contributed by atoms with E-state index >= 15 is 0 Å². The van der Waals surface area contributed by atoms with Gasteiger partial charge in [-0.15, -0.1) is 0 Å². The van der Waals surface area contributed by atoms with Crippen LogP contribution in [0.2, 0.25) is 0 Å². The number of hydrogen-bond donors (Lipinski definition) is 1. The maximum atomic E-state index is 12.2. The molecule has 0 aliphatic heterocycles. The summed E-state index contributed by atoms with van der Waals surface area (Å²) in [5.74, 6) is 0.121. The Kier molecular flexibility index (Phi) is 3.85. The first-order valence-electron chi connectivity index (χ1n) is 6.62. The van der Waals surface area contributed by atoms with Gasteiger partial charge in [0.25, 0.3) is 5.91 Å². The van der Waals surface area contributed by atoms with Crippen molar-refractivity contribution < 1.29 is 13.6 Å². The van der Waals surface area contributed by atoms with Crippen LogP contribution in [0.3, 0.4) is 0 Å².